The van der Waals surface area contributed by atoms with Crippen LogP contribution < -0.4 is 5.32 Å². The maximum absolute atomic E-state index is 3.56. The Kier molecular flexibility index (Phi) is 5.36. The van der Waals surface area contributed by atoms with Gasteiger partial charge >= 0.3 is 0 Å². The minimum atomic E-state index is 0.775. The fourth-order valence-electron chi connectivity index (χ4n) is 4.72. The lowest BCUT2D eigenvalue weighted by Crippen LogP contribution is -2.52. The summed E-state index contributed by atoms with van der Waals surface area (Å²) in [6.45, 7) is 6.60. The third kappa shape index (κ3) is 3.55. The standard InChI is InChI=1S/C17H33N3/c1-18-17-9-5-2-6-15(17)14-19-10-12-20(13-11-19)16-7-3-4-8-16/h15-18H,2-14H2,1H3. The van der Waals surface area contributed by atoms with Crippen LogP contribution in [-0.4, -0.2) is 61.7 Å². The highest BCUT2D eigenvalue weighted by atomic mass is 15.3. The van der Waals surface area contributed by atoms with Crippen molar-refractivity contribution in [2.75, 3.05) is 39.8 Å². The molecule has 116 valence electrons. The van der Waals surface area contributed by atoms with Crippen LogP contribution in [0.2, 0.25) is 0 Å². The van der Waals surface area contributed by atoms with Crippen molar-refractivity contribution in [3.63, 3.8) is 0 Å². The summed E-state index contributed by atoms with van der Waals surface area (Å²) in [5, 5.41) is 3.56. The van der Waals surface area contributed by atoms with E-state index in [9.17, 15) is 0 Å². The normalized spacial score (nSPS) is 34.6. The summed E-state index contributed by atoms with van der Waals surface area (Å²) in [5.41, 5.74) is 0. The summed E-state index contributed by atoms with van der Waals surface area (Å²) in [4.78, 5) is 5.52. The lowest BCUT2D eigenvalue weighted by Gasteiger charge is -2.41. The molecule has 1 heterocycles. The van der Waals surface area contributed by atoms with Crippen LogP contribution in [0.15, 0.2) is 0 Å². The van der Waals surface area contributed by atoms with Crippen LogP contribution >= 0.6 is 0 Å². The molecule has 20 heavy (non-hydrogen) atoms. The molecule has 1 N–H and O–H groups in total. The predicted molar refractivity (Wildman–Crippen MR) is 85.1 cm³/mol. The molecule has 3 heteroatoms. The Bertz CT molecular complexity index is 280. The van der Waals surface area contributed by atoms with Crippen molar-refractivity contribution in [2.45, 2.75) is 63.5 Å². The highest BCUT2D eigenvalue weighted by Gasteiger charge is 2.29. The van der Waals surface area contributed by atoms with Crippen molar-refractivity contribution in [1.29, 1.82) is 0 Å². The first kappa shape index (κ1) is 14.8. The van der Waals surface area contributed by atoms with Crippen molar-refractivity contribution in [3.8, 4) is 0 Å². The molecule has 0 amide bonds. The first-order valence-corrected chi connectivity index (χ1v) is 9.00. The minimum absolute atomic E-state index is 0.775. The van der Waals surface area contributed by atoms with E-state index in [1.165, 1.54) is 84.1 Å². The van der Waals surface area contributed by atoms with Crippen LogP contribution in [0.4, 0.5) is 0 Å². The van der Waals surface area contributed by atoms with E-state index in [1.54, 1.807) is 0 Å². The molecule has 2 aliphatic carbocycles. The number of nitrogens with one attached hydrogen (secondary N) is 1. The van der Waals surface area contributed by atoms with Crippen molar-refractivity contribution >= 4 is 0 Å². The van der Waals surface area contributed by atoms with Gasteiger partial charge in [0.25, 0.3) is 0 Å². The fourth-order valence-corrected chi connectivity index (χ4v) is 4.72. The lowest BCUT2D eigenvalue weighted by molar-refractivity contribution is 0.0766. The maximum Gasteiger partial charge on any atom is 0.0113 e. The van der Waals surface area contributed by atoms with Gasteiger partial charge in [-0.05, 0) is 38.6 Å². The second-order valence-corrected chi connectivity index (χ2v) is 7.21. The number of nitrogens with zero attached hydrogens (tertiary/aromatic N) is 2. The summed E-state index contributed by atoms with van der Waals surface area (Å²) in [7, 11) is 2.15. The minimum Gasteiger partial charge on any atom is -0.317 e. The second kappa shape index (κ2) is 7.24. The predicted octanol–water partition coefficient (Wildman–Crippen LogP) is 2.32. The van der Waals surface area contributed by atoms with E-state index >= 15 is 0 Å². The molecule has 3 rings (SSSR count). The van der Waals surface area contributed by atoms with E-state index in [2.05, 4.69) is 22.2 Å². The first-order valence-electron chi connectivity index (χ1n) is 9.00. The molecule has 0 spiro atoms. The third-order valence-electron chi connectivity index (χ3n) is 6.02. The molecule has 0 bridgehead atoms. The Hall–Kier alpha value is -0.120. The molecule has 3 aliphatic rings. The van der Waals surface area contributed by atoms with Crippen LogP contribution in [0, 0.1) is 5.92 Å². The average Bonchev–Trinajstić information content (AvgIpc) is 3.03. The molecular formula is C17H33N3. The van der Waals surface area contributed by atoms with Crippen LogP contribution in [0.25, 0.3) is 0 Å². The summed E-state index contributed by atoms with van der Waals surface area (Å²) in [5.74, 6) is 0.895. The van der Waals surface area contributed by atoms with Crippen molar-refractivity contribution < 1.29 is 0 Å². The van der Waals surface area contributed by atoms with Gasteiger partial charge in [0, 0.05) is 44.8 Å². The quantitative estimate of drug-likeness (QED) is 0.852. The maximum atomic E-state index is 3.56. The van der Waals surface area contributed by atoms with Gasteiger partial charge in [0.1, 0.15) is 0 Å². The Morgan fingerprint density at radius 3 is 2.20 bits per heavy atom. The van der Waals surface area contributed by atoms with E-state index in [0.717, 1.165) is 18.0 Å². The summed E-state index contributed by atoms with van der Waals surface area (Å²) in [6.07, 6.45) is 11.6. The van der Waals surface area contributed by atoms with Gasteiger partial charge in [-0.15, -0.1) is 0 Å². The van der Waals surface area contributed by atoms with Gasteiger partial charge in [0.2, 0.25) is 0 Å². The number of rotatable bonds is 4. The third-order valence-corrected chi connectivity index (χ3v) is 6.02. The number of hydrogen-bond donors (Lipinski definition) is 1. The van der Waals surface area contributed by atoms with Gasteiger partial charge in [-0.2, -0.15) is 0 Å². The molecule has 1 aliphatic heterocycles. The summed E-state index contributed by atoms with van der Waals surface area (Å²) >= 11 is 0. The van der Waals surface area contributed by atoms with Gasteiger partial charge < -0.3 is 10.2 Å². The van der Waals surface area contributed by atoms with Crippen molar-refractivity contribution in [2.24, 2.45) is 5.92 Å². The zero-order valence-corrected chi connectivity index (χ0v) is 13.3. The lowest BCUT2D eigenvalue weighted by atomic mass is 9.84. The van der Waals surface area contributed by atoms with E-state index in [-0.39, 0.29) is 0 Å². The molecule has 0 aromatic rings. The monoisotopic (exact) mass is 279 g/mol. The molecular weight excluding hydrogens is 246 g/mol. The highest BCUT2D eigenvalue weighted by Crippen LogP contribution is 2.27. The molecule has 3 fully saturated rings. The molecule has 0 aromatic carbocycles. The van der Waals surface area contributed by atoms with Crippen LogP contribution in [0.3, 0.4) is 0 Å². The van der Waals surface area contributed by atoms with Gasteiger partial charge in [-0.3, -0.25) is 4.90 Å². The smallest absolute Gasteiger partial charge is 0.0113 e. The SMILES string of the molecule is CNC1CCCCC1CN1CCN(C2CCCC2)CC1. The molecule has 0 aromatic heterocycles. The van der Waals surface area contributed by atoms with E-state index in [1.807, 2.05) is 0 Å². The van der Waals surface area contributed by atoms with Crippen LogP contribution in [-0.2, 0) is 0 Å². The molecule has 2 atom stereocenters. The highest BCUT2D eigenvalue weighted by molar-refractivity contribution is 4.86. The van der Waals surface area contributed by atoms with E-state index < -0.39 is 0 Å². The average molecular weight is 279 g/mol. The molecule has 0 radical (unpaired) electrons. The van der Waals surface area contributed by atoms with E-state index in [0.29, 0.717) is 0 Å². The zero-order chi connectivity index (χ0) is 13.8. The fraction of sp³-hybridized carbons (Fsp3) is 1.00. The Balaban J connectivity index is 1.43. The molecule has 2 unspecified atom stereocenters. The van der Waals surface area contributed by atoms with Crippen molar-refractivity contribution in [1.82, 2.24) is 15.1 Å². The Labute approximate surface area is 125 Å². The van der Waals surface area contributed by atoms with Crippen LogP contribution in [0.5, 0.6) is 0 Å². The Morgan fingerprint density at radius 1 is 0.850 bits per heavy atom. The summed E-state index contributed by atoms with van der Waals surface area (Å²) < 4.78 is 0. The first-order chi connectivity index (χ1) is 9.86. The largest absolute Gasteiger partial charge is 0.317 e. The molecule has 2 saturated carbocycles. The number of piperazine rings is 1. The second-order valence-electron chi connectivity index (χ2n) is 7.21. The molecule has 3 nitrogen and oxygen atoms in total. The van der Waals surface area contributed by atoms with Crippen LogP contribution in [0.1, 0.15) is 51.4 Å². The summed E-state index contributed by atoms with van der Waals surface area (Å²) in [6, 6.07) is 1.70. The van der Waals surface area contributed by atoms with Gasteiger partial charge in [-0.1, -0.05) is 25.7 Å². The molecule has 1 saturated heterocycles. The van der Waals surface area contributed by atoms with E-state index in [4.69, 9.17) is 0 Å². The zero-order valence-electron chi connectivity index (χ0n) is 13.3. The van der Waals surface area contributed by atoms with Gasteiger partial charge in [0.05, 0.1) is 0 Å². The van der Waals surface area contributed by atoms with Gasteiger partial charge in [-0.25, -0.2) is 0 Å². The number of hydrogen-bond acceptors (Lipinski definition) is 3. The van der Waals surface area contributed by atoms with Gasteiger partial charge in [0.15, 0.2) is 0 Å². The topological polar surface area (TPSA) is 18.5 Å². The van der Waals surface area contributed by atoms with Crippen molar-refractivity contribution in [3.05, 3.63) is 0 Å². The Morgan fingerprint density at radius 2 is 1.50 bits per heavy atom.